The van der Waals surface area contributed by atoms with Gasteiger partial charge in [-0.15, -0.1) is 0 Å². The molecule has 1 aromatic rings. The number of carbonyl (C=O) groups excluding carboxylic acids is 1. The highest BCUT2D eigenvalue weighted by Crippen LogP contribution is 2.32. The summed E-state index contributed by atoms with van der Waals surface area (Å²) in [5, 5.41) is 2.33. The summed E-state index contributed by atoms with van der Waals surface area (Å²) in [6, 6.07) is 0. The van der Waals surface area contributed by atoms with E-state index in [4.69, 9.17) is 9.92 Å². The molecular formula is C11H10F4N2O2S. The van der Waals surface area contributed by atoms with E-state index in [-0.39, 0.29) is 25.2 Å². The fourth-order valence-corrected chi connectivity index (χ4v) is 1.70. The maximum Gasteiger partial charge on any atom is 0.243 e. The van der Waals surface area contributed by atoms with Crippen LogP contribution in [0, 0.1) is 23.3 Å². The Bertz CT molecular complexity index is 511. The average molecular weight is 310 g/mol. The van der Waals surface area contributed by atoms with Gasteiger partial charge in [-0.1, -0.05) is 6.58 Å². The average Bonchev–Trinajstić information content (AvgIpc) is 2.45. The van der Waals surface area contributed by atoms with Crippen molar-refractivity contribution in [1.29, 1.82) is 0 Å². The summed E-state index contributed by atoms with van der Waals surface area (Å²) in [5.74, 6) is -7.10. The topological polar surface area (TPSA) is 64.3 Å². The molecular weight excluding hydrogens is 300 g/mol. The maximum atomic E-state index is 13.3. The SMILES string of the molecule is C=CC(=O)NCCOSc1c(F)c(F)c(N)c(F)c1F. The van der Waals surface area contributed by atoms with Gasteiger partial charge in [0.1, 0.15) is 10.6 Å². The van der Waals surface area contributed by atoms with Crippen LogP contribution in [0.4, 0.5) is 23.2 Å². The lowest BCUT2D eigenvalue weighted by Crippen LogP contribution is -2.24. The van der Waals surface area contributed by atoms with Gasteiger partial charge in [-0.05, 0) is 6.08 Å². The van der Waals surface area contributed by atoms with Gasteiger partial charge in [0.25, 0.3) is 0 Å². The van der Waals surface area contributed by atoms with E-state index in [9.17, 15) is 22.4 Å². The smallest absolute Gasteiger partial charge is 0.243 e. The molecule has 0 aliphatic rings. The molecule has 4 nitrogen and oxygen atoms in total. The summed E-state index contributed by atoms with van der Waals surface area (Å²) >= 11 is 0.107. The van der Waals surface area contributed by atoms with E-state index in [1.165, 1.54) is 0 Å². The van der Waals surface area contributed by atoms with Crippen molar-refractivity contribution in [1.82, 2.24) is 5.32 Å². The Kier molecular flexibility index (Phi) is 5.83. The predicted octanol–water partition coefficient (Wildman–Crippen LogP) is 2.15. The zero-order valence-corrected chi connectivity index (χ0v) is 10.8. The number of halogens is 4. The molecule has 0 bridgehead atoms. The second kappa shape index (κ2) is 7.15. The highest BCUT2D eigenvalue weighted by Gasteiger charge is 2.24. The van der Waals surface area contributed by atoms with Crippen molar-refractivity contribution < 1.29 is 26.5 Å². The van der Waals surface area contributed by atoms with Gasteiger partial charge in [-0.3, -0.25) is 4.79 Å². The first kappa shape index (κ1) is 16.3. The third-order valence-corrected chi connectivity index (χ3v) is 2.88. The molecule has 0 heterocycles. The van der Waals surface area contributed by atoms with Gasteiger partial charge < -0.3 is 15.2 Å². The zero-order valence-electron chi connectivity index (χ0n) is 10.0. The molecule has 9 heteroatoms. The molecule has 0 saturated carbocycles. The summed E-state index contributed by atoms with van der Waals surface area (Å²) < 4.78 is 57.7. The van der Waals surface area contributed by atoms with Crippen LogP contribution in [0.1, 0.15) is 0 Å². The van der Waals surface area contributed by atoms with Gasteiger partial charge in [0.05, 0.1) is 6.61 Å². The van der Waals surface area contributed by atoms with Crippen LogP contribution in [0.3, 0.4) is 0 Å². The lowest BCUT2D eigenvalue weighted by Gasteiger charge is -2.09. The standard InChI is InChI=1S/C11H10F4N2O2S/c1-2-5(18)17-3-4-19-20-11-8(14)6(12)10(16)7(13)9(11)15/h2H,1,3-4,16H2,(H,17,18). The first-order valence-corrected chi connectivity index (χ1v) is 5.95. The van der Waals surface area contributed by atoms with Crippen LogP contribution >= 0.6 is 12.0 Å². The molecule has 0 saturated heterocycles. The Morgan fingerprint density at radius 3 is 2.30 bits per heavy atom. The number of anilines is 1. The first-order valence-electron chi connectivity index (χ1n) is 5.21. The van der Waals surface area contributed by atoms with Crippen LogP contribution < -0.4 is 11.1 Å². The fraction of sp³-hybridized carbons (Fsp3) is 0.182. The van der Waals surface area contributed by atoms with Crippen molar-refractivity contribution in [2.45, 2.75) is 4.90 Å². The van der Waals surface area contributed by atoms with Gasteiger partial charge >= 0.3 is 0 Å². The summed E-state index contributed by atoms with van der Waals surface area (Å²) in [6.07, 6.45) is 1.03. The number of benzene rings is 1. The van der Waals surface area contributed by atoms with E-state index in [0.29, 0.717) is 0 Å². The zero-order chi connectivity index (χ0) is 15.3. The predicted molar refractivity (Wildman–Crippen MR) is 65.7 cm³/mol. The molecule has 0 aromatic heterocycles. The molecule has 1 rings (SSSR count). The number of amides is 1. The molecule has 1 aromatic carbocycles. The van der Waals surface area contributed by atoms with E-state index < -0.39 is 39.8 Å². The van der Waals surface area contributed by atoms with Crippen molar-refractivity contribution in [3.63, 3.8) is 0 Å². The molecule has 3 N–H and O–H groups in total. The van der Waals surface area contributed by atoms with Crippen molar-refractivity contribution >= 4 is 23.6 Å². The Labute approximate surface area is 116 Å². The number of carbonyl (C=O) groups is 1. The molecule has 0 atom stereocenters. The Balaban J connectivity index is 2.65. The lowest BCUT2D eigenvalue weighted by molar-refractivity contribution is -0.116. The fourth-order valence-electron chi connectivity index (χ4n) is 1.09. The highest BCUT2D eigenvalue weighted by atomic mass is 32.2. The Morgan fingerprint density at radius 2 is 1.80 bits per heavy atom. The van der Waals surface area contributed by atoms with Crippen molar-refractivity contribution in [3.8, 4) is 0 Å². The van der Waals surface area contributed by atoms with Gasteiger partial charge in [-0.2, -0.15) is 0 Å². The van der Waals surface area contributed by atoms with Crippen molar-refractivity contribution in [2.24, 2.45) is 0 Å². The van der Waals surface area contributed by atoms with Crippen LogP contribution in [0.5, 0.6) is 0 Å². The summed E-state index contributed by atoms with van der Waals surface area (Å²) in [7, 11) is 0. The third-order valence-electron chi connectivity index (χ3n) is 2.07. The van der Waals surface area contributed by atoms with Crippen LogP contribution in [-0.4, -0.2) is 19.1 Å². The normalized spacial score (nSPS) is 10.4. The summed E-state index contributed by atoms with van der Waals surface area (Å²) in [6.45, 7) is 3.09. The van der Waals surface area contributed by atoms with E-state index in [2.05, 4.69) is 11.9 Å². The number of nitrogens with two attached hydrogens (primary N) is 1. The molecule has 0 fully saturated rings. The number of nitrogens with one attached hydrogen (secondary N) is 1. The van der Waals surface area contributed by atoms with Crippen molar-refractivity contribution in [3.05, 3.63) is 35.9 Å². The second-order valence-electron chi connectivity index (χ2n) is 3.40. The minimum atomic E-state index is -1.69. The first-order chi connectivity index (χ1) is 9.40. The molecule has 0 aliphatic carbocycles. The largest absolute Gasteiger partial charge is 0.394 e. The van der Waals surface area contributed by atoms with Crippen LogP contribution in [0.2, 0.25) is 0 Å². The Hall–Kier alpha value is -1.74. The van der Waals surface area contributed by atoms with E-state index in [0.717, 1.165) is 6.08 Å². The van der Waals surface area contributed by atoms with E-state index >= 15 is 0 Å². The van der Waals surface area contributed by atoms with Crippen LogP contribution in [-0.2, 0) is 8.98 Å². The van der Waals surface area contributed by atoms with E-state index in [1.54, 1.807) is 0 Å². The molecule has 1 amide bonds. The second-order valence-corrected chi connectivity index (χ2v) is 4.21. The molecule has 0 spiro atoms. The van der Waals surface area contributed by atoms with Gasteiger partial charge in [0.15, 0.2) is 23.3 Å². The van der Waals surface area contributed by atoms with E-state index in [1.807, 2.05) is 0 Å². The van der Waals surface area contributed by atoms with Gasteiger partial charge in [-0.25, -0.2) is 17.6 Å². The lowest BCUT2D eigenvalue weighted by atomic mass is 10.2. The molecule has 0 unspecified atom stereocenters. The monoisotopic (exact) mass is 310 g/mol. The number of hydrogen-bond acceptors (Lipinski definition) is 4. The number of hydrogen-bond donors (Lipinski definition) is 2. The minimum absolute atomic E-state index is 0.0288. The maximum absolute atomic E-state index is 13.3. The summed E-state index contributed by atoms with van der Waals surface area (Å²) in [4.78, 5) is 9.77. The molecule has 20 heavy (non-hydrogen) atoms. The molecule has 110 valence electrons. The number of nitrogen functional groups attached to an aromatic ring is 1. The van der Waals surface area contributed by atoms with Crippen molar-refractivity contribution in [2.75, 3.05) is 18.9 Å². The highest BCUT2D eigenvalue weighted by molar-refractivity contribution is 7.94. The summed E-state index contributed by atoms with van der Waals surface area (Å²) in [5.41, 5.74) is 3.61. The van der Waals surface area contributed by atoms with Crippen LogP contribution in [0.15, 0.2) is 17.6 Å². The molecule has 0 aliphatic heterocycles. The quantitative estimate of drug-likeness (QED) is 0.211. The number of rotatable bonds is 6. The third kappa shape index (κ3) is 3.64. The van der Waals surface area contributed by atoms with Crippen LogP contribution in [0.25, 0.3) is 0 Å². The minimum Gasteiger partial charge on any atom is -0.394 e. The Morgan fingerprint density at radius 1 is 1.25 bits per heavy atom. The molecule has 0 radical (unpaired) electrons. The van der Waals surface area contributed by atoms with Gasteiger partial charge in [0, 0.05) is 18.6 Å². The van der Waals surface area contributed by atoms with Gasteiger partial charge in [0.2, 0.25) is 5.91 Å².